The van der Waals surface area contributed by atoms with Crippen LogP contribution in [0.1, 0.15) is 16.8 Å². The lowest BCUT2D eigenvalue weighted by atomic mass is 10.1. The van der Waals surface area contributed by atoms with Crippen molar-refractivity contribution in [2.75, 3.05) is 11.9 Å². The molecule has 0 unspecified atom stereocenters. The number of carbonyl (C=O) groups excluding carboxylic acids is 1. The Morgan fingerprint density at radius 1 is 1.24 bits per heavy atom. The summed E-state index contributed by atoms with van der Waals surface area (Å²) in [6, 6.07) is 16.0. The Bertz CT molecular complexity index is 1010. The van der Waals surface area contributed by atoms with Gasteiger partial charge in [0.1, 0.15) is 5.82 Å². The molecule has 0 saturated heterocycles. The monoisotopic (exact) mass is 411 g/mol. The molecular formula is C23H23ClFN3O. The minimum absolute atomic E-state index is 0.0369. The Balaban J connectivity index is 1.74. The van der Waals surface area contributed by atoms with Crippen molar-refractivity contribution in [2.24, 2.45) is 0 Å². The molecule has 150 valence electrons. The third-order valence-corrected chi connectivity index (χ3v) is 4.98. The zero-order chi connectivity index (χ0) is 20.8. The van der Waals surface area contributed by atoms with E-state index in [9.17, 15) is 9.18 Å². The van der Waals surface area contributed by atoms with Crippen molar-refractivity contribution in [3.05, 3.63) is 101 Å². The maximum atomic E-state index is 13.3. The molecule has 1 aromatic heterocycles. The van der Waals surface area contributed by atoms with Crippen LogP contribution in [0.15, 0.2) is 73.4 Å². The van der Waals surface area contributed by atoms with Crippen LogP contribution in [0.2, 0.25) is 5.02 Å². The first-order valence-corrected chi connectivity index (χ1v) is 9.66. The van der Waals surface area contributed by atoms with E-state index in [4.69, 9.17) is 11.6 Å². The van der Waals surface area contributed by atoms with Crippen molar-refractivity contribution in [1.29, 1.82) is 0 Å². The van der Waals surface area contributed by atoms with E-state index in [1.54, 1.807) is 11.0 Å². The lowest BCUT2D eigenvalue weighted by Crippen LogP contribution is -2.35. The third kappa shape index (κ3) is 5.27. The van der Waals surface area contributed by atoms with Crippen LogP contribution in [0.5, 0.6) is 0 Å². The average Bonchev–Trinajstić information content (AvgIpc) is 3.13. The van der Waals surface area contributed by atoms with E-state index < -0.39 is 5.82 Å². The van der Waals surface area contributed by atoms with Crippen LogP contribution in [-0.4, -0.2) is 22.0 Å². The Morgan fingerprint density at radius 3 is 2.76 bits per heavy atom. The normalized spacial score (nSPS) is 10.6. The number of amides is 2. The standard InChI is InChI=1S/C23H23ClFN3O/c1-3-12-28(23(29)26-19-10-11-22(25)21(24)14-19)16-20-9-6-13-27(20)15-18-8-5-4-7-17(18)2/h3-11,13-14H,1,12,15-16H2,2H3,(H,26,29). The highest BCUT2D eigenvalue weighted by atomic mass is 35.5. The molecular weight excluding hydrogens is 389 g/mol. The van der Waals surface area contributed by atoms with Gasteiger partial charge in [-0.15, -0.1) is 6.58 Å². The maximum Gasteiger partial charge on any atom is 0.322 e. The van der Waals surface area contributed by atoms with Crippen LogP contribution in [-0.2, 0) is 13.1 Å². The van der Waals surface area contributed by atoms with Gasteiger partial charge in [-0.3, -0.25) is 0 Å². The molecule has 0 bridgehead atoms. The quantitative estimate of drug-likeness (QED) is 0.486. The van der Waals surface area contributed by atoms with Crippen molar-refractivity contribution in [1.82, 2.24) is 9.47 Å². The van der Waals surface area contributed by atoms with E-state index in [0.29, 0.717) is 18.8 Å². The lowest BCUT2D eigenvalue weighted by Gasteiger charge is -2.23. The van der Waals surface area contributed by atoms with Crippen molar-refractivity contribution < 1.29 is 9.18 Å². The molecule has 0 aliphatic rings. The molecule has 2 aromatic carbocycles. The zero-order valence-electron chi connectivity index (χ0n) is 16.2. The first kappa shape index (κ1) is 20.7. The molecule has 0 fully saturated rings. The number of aryl methyl sites for hydroxylation is 1. The highest BCUT2D eigenvalue weighted by Crippen LogP contribution is 2.20. The zero-order valence-corrected chi connectivity index (χ0v) is 17.0. The minimum Gasteiger partial charge on any atom is -0.345 e. The fraction of sp³-hybridized carbons (Fsp3) is 0.174. The first-order chi connectivity index (χ1) is 14.0. The van der Waals surface area contributed by atoms with Gasteiger partial charge in [-0.25, -0.2) is 9.18 Å². The summed E-state index contributed by atoms with van der Waals surface area (Å²) in [7, 11) is 0. The number of nitrogens with zero attached hydrogens (tertiary/aromatic N) is 2. The molecule has 1 N–H and O–H groups in total. The van der Waals surface area contributed by atoms with Crippen LogP contribution in [0.4, 0.5) is 14.9 Å². The second-order valence-corrected chi connectivity index (χ2v) is 7.19. The molecule has 29 heavy (non-hydrogen) atoms. The van der Waals surface area contributed by atoms with E-state index in [1.165, 1.54) is 29.3 Å². The number of halogens is 2. The van der Waals surface area contributed by atoms with Crippen molar-refractivity contribution in [2.45, 2.75) is 20.0 Å². The number of rotatable bonds is 7. The molecule has 1 heterocycles. The Hall–Kier alpha value is -3.05. The topological polar surface area (TPSA) is 37.3 Å². The molecule has 3 rings (SSSR count). The molecule has 6 heteroatoms. The molecule has 0 radical (unpaired) electrons. The summed E-state index contributed by atoms with van der Waals surface area (Å²) < 4.78 is 15.5. The molecule has 0 atom stereocenters. The summed E-state index contributed by atoms with van der Waals surface area (Å²) in [6.45, 7) is 7.34. The minimum atomic E-state index is -0.526. The summed E-state index contributed by atoms with van der Waals surface area (Å²) in [5, 5.41) is 2.73. The van der Waals surface area contributed by atoms with Gasteiger partial charge >= 0.3 is 6.03 Å². The highest BCUT2D eigenvalue weighted by Gasteiger charge is 2.16. The molecule has 0 aliphatic carbocycles. The van der Waals surface area contributed by atoms with Gasteiger partial charge in [-0.2, -0.15) is 0 Å². The Morgan fingerprint density at radius 2 is 2.03 bits per heavy atom. The molecule has 0 spiro atoms. The van der Waals surface area contributed by atoms with Gasteiger partial charge in [0.2, 0.25) is 0 Å². The van der Waals surface area contributed by atoms with Gasteiger partial charge < -0.3 is 14.8 Å². The van der Waals surface area contributed by atoms with E-state index >= 15 is 0 Å². The summed E-state index contributed by atoms with van der Waals surface area (Å²) in [5.74, 6) is -0.526. The predicted molar refractivity (Wildman–Crippen MR) is 116 cm³/mol. The molecule has 3 aromatic rings. The number of benzene rings is 2. The molecule has 4 nitrogen and oxygen atoms in total. The van der Waals surface area contributed by atoms with Crippen LogP contribution >= 0.6 is 11.6 Å². The third-order valence-electron chi connectivity index (χ3n) is 4.69. The van der Waals surface area contributed by atoms with Gasteiger partial charge in [0, 0.05) is 30.7 Å². The highest BCUT2D eigenvalue weighted by molar-refractivity contribution is 6.31. The average molecular weight is 412 g/mol. The SMILES string of the molecule is C=CCN(Cc1cccn1Cc1ccccc1C)C(=O)Nc1ccc(F)c(Cl)c1. The molecule has 2 amide bonds. The Labute approximate surface area is 175 Å². The van der Waals surface area contributed by atoms with E-state index in [2.05, 4.69) is 35.5 Å². The van der Waals surface area contributed by atoms with E-state index in [1.807, 2.05) is 30.5 Å². The largest absolute Gasteiger partial charge is 0.345 e. The van der Waals surface area contributed by atoms with Crippen LogP contribution in [0.25, 0.3) is 0 Å². The maximum absolute atomic E-state index is 13.3. The summed E-state index contributed by atoms with van der Waals surface area (Å²) in [4.78, 5) is 14.4. The molecule has 0 aliphatic heterocycles. The number of urea groups is 1. The number of anilines is 1. The lowest BCUT2D eigenvalue weighted by molar-refractivity contribution is 0.214. The Kier molecular flexibility index (Phi) is 6.73. The van der Waals surface area contributed by atoms with Crippen LogP contribution in [0, 0.1) is 12.7 Å². The van der Waals surface area contributed by atoms with Crippen LogP contribution in [0.3, 0.4) is 0 Å². The summed E-state index contributed by atoms with van der Waals surface area (Å²) in [6.07, 6.45) is 3.68. The van der Waals surface area contributed by atoms with Crippen molar-refractivity contribution in [3.8, 4) is 0 Å². The van der Waals surface area contributed by atoms with Gasteiger partial charge in [-0.05, 0) is 48.4 Å². The first-order valence-electron chi connectivity index (χ1n) is 9.28. The second kappa shape index (κ2) is 9.43. The fourth-order valence-corrected chi connectivity index (χ4v) is 3.25. The second-order valence-electron chi connectivity index (χ2n) is 6.78. The number of carbonyl (C=O) groups is 1. The fourth-order valence-electron chi connectivity index (χ4n) is 3.07. The van der Waals surface area contributed by atoms with E-state index in [0.717, 1.165) is 12.2 Å². The predicted octanol–water partition coefficient (Wildman–Crippen LogP) is 5.86. The molecule has 0 saturated carbocycles. The van der Waals surface area contributed by atoms with Gasteiger partial charge in [0.25, 0.3) is 0 Å². The number of aromatic nitrogens is 1. The number of hydrogen-bond donors (Lipinski definition) is 1. The summed E-state index contributed by atoms with van der Waals surface area (Å²) >= 11 is 5.80. The number of hydrogen-bond acceptors (Lipinski definition) is 1. The smallest absolute Gasteiger partial charge is 0.322 e. The van der Waals surface area contributed by atoms with Crippen molar-refractivity contribution in [3.63, 3.8) is 0 Å². The van der Waals surface area contributed by atoms with Gasteiger partial charge in [-0.1, -0.05) is 41.9 Å². The van der Waals surface area contributed by atoms with Gasteiger partial charge in [0.05, 0.1) is 11.6 Å². The number of nitrogens with one attached hydrogen (secondary N) is 1. The van der Waals surface area contributed by atoms with Crippen LogP contribution < -0.4 is 5.32 Å². The van der Waals surface area contributed by atoms with Crippen molar-refractivity contribution >= 4 is 23.3 Å². The van der Waals surface area contributed by atoms with E-state index in [-0.39, 0.29) is 11.1 Å². The summed E-state index contributed by atoms with van der Waals surface area (Å²) in [5.41, 5.74) is 3.89. The van der Waals surface area contributed by atoms with Gasteiger partial charge in [0.15, 0.2) is 0 Å².